The third-order valence-corrected chi connectivity index (χ3v) is 5.93. The summed E-state index contributed by atoms with van der Waals surface area (Å²) in [6, 6.07) is 5.52. The van der Waals surface area contributed by atoms with E-state index in [2.05, 4.69) is 34.9 Å². The van der Waals surface area contributed by atoms with Gasteiger partial charge in [-0.3, -0.25) is 10.3 Å². The number of aliphatic imine (C=N–C) groups is 1. The molecule has 0 fully saturated rings. The molecule has 1 aliphatic rings. The fraction of sp³-hybridized carbons (Fsp3) is 0.407. The van der Waals surface area contributed by atoms with E-state index in [1.54, 1.807) is 32.8 Å². The normalized spacial score (nSPS) is 20.5. The molecule has 34 heavy (non-hydrogen) atoms. The number of aryl methyl sites for hydroxylation is 1. The molecule has 2 aromatic rings. The van der Waals surface area contributed by atoms with Crippen LogP contribution in [0.15, 0.2) is 66.2 Å². The molecule has 3 atom stereocenters. The van der Waals surface area contributed by atoms with E-state index in [0.717, 1.165) is 33.7 Å². The number of hydrogen-bond donors (Lipinski definition) is 2. The van der Waals surface area contributed by atoms with Gasteiger partial charge in [0.25, 0.3) is 0 Å². The molecule has 3 rings (SSSR count). The second-order valence-corrected chi connectivity index (χ2v) is 8.64. The maximum atomic E-state index is 11.0. The van der Waals surface area contributed by atoms with Crippen LogP contribution < -0.4 is 5.32 Å². The van der Waals surface area contributed by atoms with Gasteiger partial charge in [0.2, 0.25) is 0 Å². The number of rotatable bonds is 7. The van der Waals surface area contributed by atoms with E-state index in [0.29, 0.717) is 5.02 Å². The van der Waals surface area contributed by atoms with Crippen molar-refractivity contribution in [3.63, 3.8) is 0 Å². The third-order valence-electron chi connectivity index (χ3n) is 5.69. The highest BCUT2D eigenvalue weighted by molar-refractivity contribution is 6.30. The van der Waals surface area contributed by atoms with Crippen molar-refractivity contribution in [3.05, 3.63) is 83.1 Å². The van der Waals surface area contributed by atoms with Gasteiger partial charge in [-0.05, 0) is 54.3 Å². The van der Waals surface area contributed by atoms with Gasteiger partial charge in [-0.15, -0.1) is 0 Å². The summed E-state index contributed by atoms with van der Waals surface area (Å²) in [5.41, 5.74) is 4.56. The number of nitrogens with one attached hydrogen (secondary N) is 1. The second kappa shape index (κ2) is 12.3. The molecule has 0 bridgehead atoms. The lowest BCUT2D eigenvalue weighted by Crippen LogP contribution is -2.48. The van der Waals surface area contributed by atoms with Crippen LogP contribution in [0.25, 0.3) is 5.57 Å². The largest absolute Gasteiger partial charge is 0.380 e. The molecule has 0 saturated carbocycles. The molecule has 1 aromatic carbocycles. The highest BCUT2D eigenvalue weighted by Gasteiger charge is 2.33. The Morgan fingerprint density at radius 2 is 2.12 bits per heavy atom. The Balaban J connectivity index is 0.00000199. The van der Waals surface area contributed by atoms with Crippen molar-refractivity contribution in [2.45, 2.75) is 52.3 Å². The number of allylic oxidation sites excluding steroid dienone is 3. The maximum Gasteiger partial charge on any atom is 0.137 e. The monoisotopic (exact) mass is 484 g/mol. The molecule has 0 spiro atoms. The van der Waals surface area contributed by atoms with Crippen LogP contribution in [0.1, 0.15) is 63.4 Å². The molecular weight excluding hydrogens is 448 g/mol. The molecule has 0 radical (unpaired) electrons. The molecule has 184 valence electrons. The lowest BCUT2D eigenvalue weighted by atomic mass is 9.88. The Labute approximate surface area is 208 Å². The molecule has 0 saturated heterocycles. The highest BCUT2D eigenvalue weighted by atomic mass is 35.5. The lowest BCUT2D eigenvalue weighted by Gasteiger charge is -2.32. The van der Waals surface area contributed by atoms with Crippen LogP contribution in [-0.2, 0) is 11.8 Å². The number of aliphatic hydroxyl groups is 1. The second-order valence-electron chi connectivity index (χ2n) is 8.21. The molecule has 1 aliphatic carbocycles. The Morgan fingerprint density at radius 1 is 1.41 bits per heavy atom. The van der Waals surface area contributed by atoms with Gasteiger partial charge < -0.3 is 14.4 Å². The number of hydrogen-bond acceptors (Lipinski definition) is 5. The standard InChI is InChI=1S/C25H31ClN4O2.C2H6/c1-7-17-11-21(20-12-18(26)9-10-19(20)16(3)23(17)28-8-2)24(22-13-27-15-30(22)5)29-25(4,31)14-32-6;1-2/h7-13,15-16,24,29,31H,2,14H2,1,3-6H3;1-2H3/b17-7-,28-23?;/t16-,24+,25?;/m0./s1. The molecule has 2 N–H and O–H groups in total. The zero-order chi connectivity index (χ0) is 25.5. The molecular formula is C27H37ClN4O2. The van der Waals surface area contributed by atoms with E-state index < -0.39 is 11.8 Å². The molecule has 7 heteroatoms. The van der Waals surface area contributed by atoms with Crippen LogP contribution in [-0.4, -0.2) is 39.8 Å². The molecule has 6 nitrogen and oxygen atoms in total. The fourth-order valence-corrected chi connectivity index (χ4v) is 4.39. The first-order valence-corrected chi connectivity index (χ1v) is 11.9. The number of halogens is 1. The van der Waals surface area contributed by atoms with Crippen molar-refractivity contribution in [2.24, 2.45) is 12.0 Å². The van der Waals surface area contributed by atoms with Gasteiger partial charge in [0.1, 0.15) is 5.72 Å². The summed E-state index contributed by atoms with van der Waals surface area (Å²) in [7, 11) is 3.49. The van der Waals surface area contributed by atoms with Crippen molar-refractivity contribution in [1.82, 2.24) is 14.9 Å². The summed E-state index contributed by atoms with van der Waals surface area (Å²) in [6.07, 6.45) is 9.27. The number of nitrogens with zero attached hydrogens (tertiary/aromatic N) is 3. The van der Waals surface area contributed by atoms with Gasteiger partial charge >= 0.3 is 0 Å². The highest BCUT2D eigenvalue weighted by Crippen LogP contribution is 2.41. The first kappa shape index (κ1) is 27.7. The SMILES string of the molecule is C=CN=C1/C(=C\C)C=C([C@@H](NC(C)(O)COC)c2cncn2C)c2cc(Cl)ccc2[C@@H]1C.CC. The predicted octanol–water partition coefficient (Wildman–Crippen LogP) is 5.82. The van der Waals surface area contributed by atoms with Crippen molar-refractivity contribution >= 4 is 22.9 Å². The summed E-state index contributed by atoms with van der Waals surface area (Å²) in [4.78, 5) is 8.92. The van der Waals surface area contributed by atoms with Crippen LogP contribution in [0.5, 0.6) is 0 Å². The van der Waals surface area contributed by atoms with Crippen molar-refractivity contribution in [2.75, 3.05) is 13.7 Å². The lowest BCUT2D eigenvalue weighted by molar-refractivity contribution is -0.0468. The van der Waals surface area contributed by atoms with E-state index in [4.69, 9.17) is 16.3 Å². The van der Waals surface area contributed by atoms with Crippen LogP contribution in [0.2, 0.25) is 5.02 Å². The quantitative estimate of drug-likeness (QED) is 0.486. The zero-order valence-corrected chi connectivity index (χ0v) is 22.0. The van der Waals surface area contributed by atoms with Crippen molar-refractivity contribution in [3.8, 4) is 0 Å². The van der Waals surface area contributed by atoms with Crippen molar-refractivity contribution < 1.29 is 9.84 Å². The minimum atomic E-state index is -1.28. The first-order chi connectivity index (χ1) is 16.2. The van der Waals surface area contributed by atoms with E-state index in [1.807, 2.05) is 56.7 Å². The van der Waals surface area contributed by atoms with Gasteiger partial charge in [0, 0.05) is 31.3 Å². The maximum absolute atomic E-state index is 11.0. The number of aromatic nitrogens is 2. The zero-order valence-electron chi connectivity index (χ0n) is 21.3. The Morgan fingerprint density at radius 3 is 2.68 bits per heavy atom. The third kappa shape index (κ3) is 6.13. The average Bonchev–Trinajstić information content (AvgIpc) is 3.19. The average molecular weight is 485 g/mol. The van der Waals surface area contributed by atoms with Crippen LogP contribution in [0, 0.1) is 0 Å². The molecule has 0 amide bonds. The van der Waals surface area contributed by atoms with E-state index in [-0.39, 0.29) is 12.5 Å². The first-order valence-electron chi connectivity index (χ1n) is 11.5. The Kier molecular flexibility index (Phi) is 10.0. The van der Waals surface area contributed by atoms with E-state index >= 15 is 0 Å². The summed E-state index contributed by atoms with van der Waals surface area (Å²) in [6.45, 7) is 13.7. The smallest absolute Gasteiger partial charge is 0.137 e. The summed E-state index contributed by atoms with van der Waals surface area (Å²) >= 11 is 6.46. The summed E-state index contributed by atoms with van der Waals surface area (Å²) in [5, 5.41) is 15.0. The number of imidazole rings is 1. The molecule has 1 heterocycles. The topological polar surface area (TPSA) is 71.7 Å². The van der Waals surface area contributed by atoms with Gasteiger partial charge in [0.05, 0.1) is 36.6 Å². The van der Waals surface area contributed by atoms with Crippen molar-refractivity contribution in [1.29, 1.82) is 0 Å². The van der Waals surface area contributed by atoms with Crippen LogP contribution in [0.4, 0.5) is 0 Å². The number of fused-ring (bicyclic) bond motifs is 1. The Hall–Kier alpha value is -2.51. The van der Waals surface area contributed by atoms with Gasteiger partial charge in [-0.2, -0.15) is 0 Å². The molecule has 0 aliphatic heterocycles. The van der Waals surface area contributed by atoms with Gasteiger partial charge in [-0.1, -0.05) is 51.1 Å². The van der Waals surface area contributed by atoms with E-state index in [1.165, 1.54) is 0 Å². The minimum absolute atomic E-state index is 0.0203. The van der Waals surface area contributed by atoms with E-state index in [9.17, 15) is 5.11 Å². The fourth-order valence-electron chi connectivity index (χ4n) is 4.22. The number of benzene rings is 1. The predicted molar refractivity (Wildman–Crippen MR) is 142 cm³/mol. The number of ether oxygens (including phenoxy) is 1. The van der Waals surface area contributed by atoms with Gasteiger partial charge in [-0.25, -0.2) is 4.98 Å². The molecule has 1 aromatic heterocycles. The summed E-state index contributed by atoms with van der Waals surface area (Å²) < 4.78 is 7.19. The number of methoxy groups -OCH3 is 1. The summed E-state index contributed by atoms with van der Waals surface area (Å²) in [5.74, 6) is 0.0203. The van der Waals surface area contributed by atoms with Crippen LogP contribution in [0.3, 0.4) is 0 Å². The minimum Gasteiger partial charge on any atom is -0.380 e. The Bertz CT molecular complexity index is 1080. The molecule has 1 unspecified atom stereocenters. The van der Waals surface area contributed by atoms with Gasteiger partial charge in [0.15, 0.2) is 0 Å². The van der Waals surface area contributed by atoms with Crippen LogP contribution >= 0.6 is 11.6 Å².